The average molecular weight is 420 g/mol. The molecule has 0 heterocycles. The number of unbranched alkanes of at least 4 members (excludes halogenated alkanes) is 1. The van der Waals surface area contributed by atoms with E-state index in [0.717, 1.165) is 12.8 Å². The van der Waals surface area contributed by atoms with Crippen LogP contribution < -0.4 is 4.72 Å². The van der Waals surface area contributed by atoms with Gasteiger partial charge in [-0.25, -0.2) is 13.1 Å². The minimum Gasteiger partial charge on any atom is -0.289 e. The van der Waals surface area contributed by atoms with Gasteiger partial charge in [-0.2, -0.15) is 0 Å². The molecule has 3 aromatic rings. The van der Waals surface area contributed by atoms with Crippen LogP contribution in [0, 0.1) is 0 Å². The molecule has 152 valence electrons. The maximum atomic E-state index is 12.8. The van der Waals surface area contributed by atoms with Crippen molar-refractivity contribution in [2.45, 2.75) is 24.2 Å². The molecule has 0 atom stereocenters. The van der Waals surface area contributed by atoms with Gasteiger partial charge in [0.25, 0.3) is 0 Å². The van der Waals surface area contributed by atoms with Crippen molar-refractivity contribution in [2.75, 3.05) is 6.54 Å². The van der Waals surface area contributed by atoms with Crippen molar-refractivity contribution in [1.82, 2.24) is 4.72 Å². The highest BCUT2D eigenvalue weighted by Crippen LogP contribution is 2.28. The molecule has 1 aliphatic carbocycles. The predicted molar refractivity (Wildman–Crippen MR) is 114 cm³/mol. The van der Waals surface area contributed by atoms with Gasteiger partial charge in [-0.05, 0) is 43.0 Å². The number of hydrogen-bond acceptors (Lipinski definition) is 4. The Morgan fingerprint density at radius 3 is 1.97 bits per heavy atom. The van der Waals surface area contributed by atoms with E-state index in [1.165, 1.54) is 23.8 Å². The summed E-state index contributed by atoms with van der Waals surface area (Å²) >= 11 is 0. The highest BCUT2D eigenvalue weighted by Gasteiger charge is 2.30. The third-order valence-electron chi connectivity index (χ3n) is 5.23. The molecule has 0 spiro atoms. The van der Waals surface area contributed by atoms with Gasteiger partial charge in [-0.1, -0.05) is 54.6 Å². The average Bonchev–Trinajstić information content (AvgIpc) is 2.77. The zero-order valence-electron chi connectivity index (χ0n) is 16.3. The second-order valence-electron chi connectivity index (χ2n) is 7.25. The number of carbonyl (C=O) groups is 2. The van der Waals surface area contributed by atoms with Crippen LogP contribution in [0.3, 0.4) is 0 Å². The van der Waals surface area contributed by atoms with Gasteiger partial charge in [-0.3, -0.25) is 9.59 Å². The molecule has 0 saturated heterocycles. The molecular formula is C24H21NO4S. The third kappa shape index (κ3) is 3.97. The maximum absolute atomic E-state index is 12.8. The van der Waals surface area contributed by atoms with Crippen molar-refractivity contribution in [3.8, 4) is 0 Å². The Kier molecular flexibility index (Phi) is 5.61. The number of nitrogens with one attached hydrogen (secondary N) is 1. The fourth-order valence-corrected chi connectivity index (χ4v) is 4.73. The van der Waals surface area contributed by atoms with Crippen molar-refractivity contribution in [3.63, 3.8) is 0 Å². The van der Waals surface area contributed by atoms with Crippen LogP contribution in [0.15, 0.2) is 77.7 Å². The molecule has 5 nitrogen and oxygen atoms in total. The van der Waals surface area contributed by atoms with Gasteiger partial charge in [0.1, 0.15) is 0 Å². The molecular weight excluding hydrogens is 398 g/mol. The van der Waals surface area contributed by atoms with Crippen molar-refractivity contribution < 1.29 is 18.0 Å². The van der Waals surface area contributed by atoms with Gasteiger partial charge >= 0.3 is 0 Å². The highest BCUT2D eigenvalue weighted by atomic mass is 32.2. The van der Waals surface area contributed by atoms with Crippen LogP contribution in [-0.4, -0.2) is 26.5 Å². The molecule has 0 fully saturated rings. The molecule has 0 bridgehead atoms. The Hall–Kier alpha value is -3.09. The SMILES string of the molecule is O=C1c2ccccc2C(=O)c2cc(S(=O)(=O)NCCCCc3ccccc3)ccc21. The number of ketones is 2. The van der Waals surface area contributed by atoms with E-state index in [0.29, 0.717) is 24.1 Å². The van der Waals surface area contributed by atoms with E-state index in [1.807, 2.05) is 30.3 Å². The lowest BCUT2D eigenvalue weighted by Gasteiger charge is -2.18. The summed E-state index contributed by atoms with van der Waals surface area (Å²) in [4.78, 5) is 25.4. The summed E-state index contributed by atoms with van der Waals surface area (Å²) in [5, 5.41) is 0. The predicted octanol–water partition coefficient (Wildman–Crippen LogP) is 3.76. The van der Waals surface area contributed by atoms with Crippen molar-refractivity contribution in [3.05, 3.63) is 101 Å². The Labute approximate surface area is 175 Å². The first-order chi connectivity index (χ1) is 14.5. The number of rotatable bonds is 7. The third-order valence-corrected chi connectivity index (χ3v) is 6.69. The first-order valence-corrected chi connectivity index (χ1v) is 11.3. The van der Waals surface area contributed by atoms with E-state index in [4.69, 9.17) is 0 Å². The quantitative estimate of drug-likeness (QED) is 0.463. The van der Waals surface area contributed by atoms with E-state index < -0.39 is 10.0 Å². The number of fused-ring (bicyclic) bond motifs is 2. The fraction of sp³-hybridized carbons (Fsp3) is 0.167. The van der Waals surface area contributed by atoms with Gasteiger partial charge < -0.3 is 0 Å². The number of hydrogen-bond donors (Lipinski definition) is 1. The van der Waals surface area contributed by atoms with Crippen molar-refractivity contribution >= 4 is 21.6 Å². The first-order valence-electron chi connectivity index (χ1n) is 9.83. The highest BCUT2D eigenvalue weighted by molar-refractivity contribution is 7.89. The molecule has 1 N–H and O–H groups in total. The fourth-order valence-electron chi connectivity index (χ4n) is 3.63. The summed E-state index contributed by atoms with van der Waals surface area (Å²) in [5.74, 6) is -0.599. The summed E-state index contributed by atoms with van der Waals surface area (Å²) in [6.45, 7) is 0.308. The smallest absolute Gasteiger partial charge is 0.240 e. The molecule has 0 unspecified atom stereocenters. The Bertz CT molecular complexity index is 1220. The number of aryl methyl sites for hydroxylation is 1. The van der Waals surface area contributed by atoms with E-state index in [2.05, 4.69) is 4.72 Å². The Morgan fingerprint density at radius 1 is 0.667 bits per heavy atom. The minimum atomic E-state index is -3.77. The van der Waals surface area contributed by atoms with Gasteiger partial charge in [-0.15, -0.1) is 0 Å². The normalized spacial score (nSPS) is 13.1. The minimum absolute atomic E-state index is 0.00941. The van der Waals surface area contributed by atoms with Gasteiger partial charge in [0.15, 0.2) is 11.6 Å². The van der Waals surface area contributed by atoms with Crippen molar-refractivity contribution in [1.29, 1.82) is 0 Å². The molecule has 1 aliphatic rings. The van der Waals surface area contributed by atoms with Crippen LogP contribution >= 0.6 is 0 Å². The summed E-state index contributed by atoms with van der Waals surface area (Å²) in [5.41, 5.74) is 2.24. The number of benzene rings is 3. The summed E-state index contributed by atoms with van der Waals surface area (Å²) in [7, 11) is -3.77. The molecule has 0 saturated carbocycles. The molecule has 4 rings (SSSR count). The second kappa shape index (κ2) is 8.34. The molecule has 0 aliphatic heterocycles. The number of sulfonamides is 1. The molecule has 30 heavy (non-hydrogen) atoms. The van der Waals surface area contributed by atoms with Gasteiger partial charge in [0, 0.05) is 28.8 Å². The van der Waals surface area contributed by atoms with Gasteiger partial charge in [0.2, 0.25) is 10.0 Å². The van der Waals surface area contributed by atoms with Crippen LogP contribution in [0.4, 0.5) is 0 Å². The first kappa shape index (κ1) is 20.2. The summed E-state index contributed by atoms with van der Waals surface area (Å²) in [6.07, 6.45) is 2.45. The monoisotopic (exact) mass is 419 g/mol. The van der Waals surface area contributed by atoms with E-state index >= 15 is 0 Å². The van der Waals surface area contributed by atoms with Crippen LogP contribution in [0.5, 0.6) is 0 Å². The van der Waals surface area contributed by atoms with Crippen molar-refractivity contribution in [2.24, 2.45) is 0 Å². The largest absolute Gasteiger partial charge is 0.289 e. The van der Waals surface area contributed by atoms with E-state index in [-0.39, 0.29) is 27.6 Å². The van der Waals surface area contributed by atoms with Gasteiger partial charge in [0.05, 0.1) is 4.90 Å². The van der Waals surface area contributed by atoms with Crippen LogP contribution in [0.25, 0.3) is 0 Å². The topological polar surface area (TPSA) is 80.3 Å². The van der Waals surface area contributed by atoms with E-state index in [1.54, 1.807) is 24.3 Å². The summed E-state index contributed by atoms with van der Waals surface area (Å²) in [6, 6.07) is 20.7. The molecule has 0 amide bonds. The summed E-state index contributed by atoms with van der Waals surface area (Å²) < 4.78 is 27.9. The zero-order valence-corrected chi connectivity index (χ0v) is 17.1. The molecule has 0 aromatic heterocycles. The second-order valence-corrected chi connectivity index (χ2v) is 9.02. The molecule has 0 radical (unpaired) electrons. The Morgan fingerprint density at radius 2 is 1.27 bits per heavy atom. The lowest BCUT2D eigenvalue weighted by Crippen LogP contribution is -2.26. The van der Waals surface area contributed by atoms with E-state index in [9.17, 15) is 18.0 Å². The van der Waals surface area contributed by atoms with Crippen LogP contribution in [0.1, 0.15) is 50.2 Å². The van der Waals surface area contributed by atoms with Crippen LogP contribution in [-0.2, 0) is 16.4 Å². The molecule has 6 heteroatoms. The standard InChI is InChI=1S/C24H21NO4S/c26-23-19-11-4-5-12-20(19)24(27)22-16-18(13-14-21(22)23)30(28,29)25-15-7-6-10-17-8-2-1-3-9-17/h1-5,8-9,11-14,16,25H,6-7,10,15H2. The lowest BCUT2D eigenvalue weighted by molar-refractivity contribution is 0.0979. The maximum Gasteiger partial charge on any atom is 0.240 e. The Balaban J connectivity index is 1.45. The number of carbonyl (C=O) groups excluding carboxylic acids is 2. The lowest BCUT2D eigenvalue weighted by atomic mass is 9.84. The van der Waals surface area contributed by atoms with Crippen LogP contribution in [0.2, 0.25) is 0 Å². The zero-order chi connectivity index (χ0) is 21.1. The molecule has 3 aromatic carbocycles.